The normalized spacial score (nSPS) is 13.5. The van der Waals surface area contributed by atoms with E-state index in [4.69, 9.17) is 4.74 Å². The molecule has 2 aromatic carbocycles. The molecule has 0 bridgehead atoms. The lowest BCUT2D eigenvalue weighted by atomic mass is 10.1. The smallest absolute Gasteiger partial charge is 0.315 e. The molecule has 140 valence electrons. The van der Waals surface area contributed by atoms with Crippen molar-refractivity contribution in [3.8, 4) is 5.75 Å². The molecule has 0 unspecified atom stereocenters. The molecule has 3 rings (SSSR count). The largest absolute Gasteiger partial charge is 0.426 e. The van der Waals surface area contributed by atoms with Crippen molar-refractivity contribution in [2.24, 2.45) is 0 Å². The van der Waals surface area contributed by atoms with Crippen LogP contribution in [0.15, 0.2) is 48.5 Å². The molecule has 2 aromatic rings. The van der Waals surface area contributed by atoms with E-state index < -0.39 is 11.8 Å². The zero-order valence-corrected chi connectivity index (χ0v) is 14.6. The lowest BCUT2D eigenvalue weighted by Crippen LogP contribution is -2.33. The zero-order valence-electron chi connectivity index (χ0n) is 14.6. The molecule has 0 aliphatic carbocycles. The van der Waals surface area contributed by atoms with Gasteiger partial charge in [0.15, 0.2) is 0 Å². The maximum Gasteiger partial charge on any atom is 0.315 e. The van der Waals surface area contributed by atoms with Crippen LogP contribution in [0.1, 0.15) is 18.4 Å². The second kappa shape index (κ2) is 8.44. The van der Waals surface area contributed by atoms with Crippen molar-refractivity contribution in [1.82, 2.24) is 4.90 Å². The molecule has 27 heavy (non-hydrogen) atoms. The predicted octanol–water partition coefficient (Wildman–Crippen LogP) is 2.53. The number of rotatable bonds is 6. The molecule has 1 N–H and O–H groups in total. The van der Waals surface area contributed by atoms with E-state index in [-0.39, 0.29) is 36.1 Å². The Hall–Kier alpha value is -3.22. The number of hydrogen-bond donors (Lipinski definition) is 1. The average Bonchev–Trinajstić information content (AvgIpc) is 3.02. The van der Waals surface area contributed by atoms with Crippen LogP contribution in [-0.4, -0.2) is 35.8 Å². The first-order chi connectivity index (χ1) is 13.0. The van der Waals surface area contributed by atoms with Gasteiger partial charge in [0.2, 0.25) is 11.8 Å². The van der Waals surface area contributed by atoms with Crippen LogP contribution in [0.3, 0.4) is 0 Å². The summed E-state index contributed by atoms with van der Waals surface area (Å²) >= 11 is 0. The van der Waals surface area contributed by atoms with Crippen LogP contribution in [0.5, 0.6) is 5.75 Å². The molecule has 6 nitrogen and oxygen atoms in total. The second-order valence-corrected chi connectivity index (χ2v) is 6.24. The Kier molecular flexibility index (Phi) is 5.80. The van der Waals surface area contributed by atoms with Crippen LogP contribution in [0, 0.1) is 5.82 Å². The zero-order chi connectivity index (χ0) is 19.2. The maximum atomic E-state index is 13.6. The van der Waals surface area contributed by atoms with Crippen molar-refractivity contribution in [3.63, 3.8) is 0 Å². The Morgan fingerprint density at radius 2 is 1.96 bits per heavy atom. The summed E-state index contributed by atoms with van der Waals surface area (Å²) in [6, 6.07) is 12.3. The van der Waals surface area contributed by atoms with Gasteiger partial charge in [0.1, 0.15) is 11.6 Å². The summed E-state index contributed by atoms with van der Waals surface area (Å²) in [5, 5.41) is 2.68. The lowest BCUT2D eigenvalue weighted by Gasteiger charge is -2.15. The number of benzene rings is 2. The highest BCUT2D eigenvalue weighted by Crippen LogP contribution is 2.19. The minimum Gasteiger partial charge on any atom is -0.426 e. The average molecular weight is 370 g/mol. The molecule has 0 saturated carbocycles. The van der Waals surface area contributed by atoms with E-state index in [1.807, 2.05) is 0 Å². The van der Waals surface area contributed by atoms with E-state index in [1.54, 1.807) is 30.3 Å². The Morgan fingerprint density at radius 3 is 2.70 bits per heavy atom. The van der Waals surface area contributed by atoms with Gasteiger partial charge in [0.05, 0.1) is 13.0 Å². The molecule has 1 fully saturated rings. The summed E-state index contributed by atoms with van der Waals surface area (Å²) in [5.74, 6) is -1.18. The van der Waals surface area contributed by atoms with Crippen molar-refractivity contribution in [2.75, 3.05) is 18.4 Å². The van der Waals surface area contributed by atoms with Gasteiger partial charge in [-0.2, -0.15) is 0 Å². The van der Waals surface area contributed by atoms with Crippen LogP contribution < -0.4 is 10.1 Å². The molecule has 0 aromatic heterocycles. The molecule has 1 aliphatic heterocycles. The number of amides is 2. The van der Waals surface area contributed by atoms with Gasteiger partial charge in [-0.1, -0.05) is 24.3 Å². The maximum absolute atomic E-state index is 13.6. The van der Waals surface area contributed by atoms with E-state index in [0.29, 0.717) is 18.7 Å². The number of nitrogens with zero attached hydrogens (tertiary/aromatic N) is 1. The third-order valence-electron chi connectivity index (χ3n) is 4.15. The molecule has 2 amide bonds. The molecule has 7 heteroatoms. The Bertz CT molecular complexity index is 869. The van der Waals surface area contributed by atoms with Crippen molar-refractivity contribution in [3.05, 3.63) is 59.9 Å². The first-order valence-electron chi connectivity index (χ1n) is 8.63. The minimum absolute atomic E-state index is 0.00384. The van der Waals surface area contributed by atoms with Gasteiger partial charge in [-0.25, -0.2) is 4.39 Å². The molecule has 1 saturated heterocycles. The Labute approximate surface area is 155 Å². The van der Waals surface area contributed by atoms with Crippen molar-refractivity contribution in [1.29, 1.82) is 0 Å². The van der Waals surface area contributed by atoms with E-state index in [2.05, 4.69) is 5.32 Å². The predicted molar refractivity (Wildman–Crippen MR) is 96.6 cm³/mol. The van der Waals surface area contributed by atoms with Crippen LogP contribution in [-0.2, 0) is 20.8 Å². The third kappa shape index (κ3) is 5.13. The molecule has 0 atom stereocenters. The summed E-state index contributed by atoms with van der Waals surface area (Å²) in [7, 11) is 0. The number of anilines is 1. The quantitative estimate of drug-likeness (QED) is 0.626. The van der Waals surface area contributed by atoms with E-state index in [0.717, 1.165) is 6.42 Å². The summed E-state index contributed by atoms with van der Waals surface area (Å²) in [4.78, 5) is 37.2. The lowest BCUT2D eigenvalue weighted by molar-refractivity contribution is -0.133. The van der Waals surface area contributed by atoms with E-state index >= 15 is 0 Å². The highest BCUT2D eigenvalue weighted by atomic mass is 19.1. The fourth-order valence-electron chi connectivity index (χ4n) is 2.85. The number of nitrogens with one attached hydrogen (secondary N) is 1. The van der Waals surface area contributed by atoms with Gasteiger partial charge in [-0.15, -0.1) is 0 Å². The summed E-state index contributed by atoms with van der Waals surface area (Å²) in [6.07, 6.45) is 1.04. The molecular weight excluding hydrogens is 351 g/mol. The van der Waals surface area contributed by atoms with Gasteiger partial charge in [0, 0.05) is 24.7 Å². The van der Waals surface area contributed by atoms with Gasteiger partial charge in [-0.05, 0) is 30.2 Å². The highest BCUT2D eigenvalue weighted by Gasteiger charge is 2.22. The Balaban J connectivity index is 1.56. The molecule has 1 aliphatic rings. The first-order valence-corrected chi connectivity index (χ1v) is 8.63. The van der Waals surface area contributed by atoms with Crippen molar-refractivity contribution < 1.29 is 23.5 Å². The summed E-state index contributed by atoms with van der Waals surface area (Å²) in [6.45, 7) is 0.579. The number of ether oxygens (including phenoxy) is 1. The second-order valence-electron chi connectivity index (χ2n) is 6.24. The fourth-order valence-corrected chi connectivity index (χ4v) is 2.85. The standard InChI is InChI=1S/C20H19FN2O4/c21-17-8-2-1-5-14(17)11-20(26)27-16-7-3-6-15(12-16)22-18(24)13-23-10-4-9-19(23)25/h1-3,5-8,12H,4,9-11,13H2,(H,22,24). The van der Waals surface area contributed by atoms with Gasteiger partial charge in [-0.3, -0.25) is 14.4 Å². The molecule has 0 radical (unpaired) electrons. The minimum atomic E-state index is -0.605. The molecule has 0 spiro atoms. The Morgan fingerprint density at radius 1 is 1.15 bits per heavy atom. The van der Waals surface area contributed by atoms with Crippen molar-refractivity contribution >= 4 is 23.5 Å². The first kappa shape index (κ1) is 18.6. The third-order valence-corrected chi connectivity index (χ3v) is 4.15. The van der Waals surface area contributed by atoms with E-state index in [1.165, 1.54) is 23.1 Å². The topological polar surface area (TPSA) is 75.7 Å². The molecular formula is C20H19FN2O4. The number of halogens is 1. The fraction of sp³-hybridized carbons (Fsp3) is 0.250. The number of carbonyl (C=O) groups excluding carboxylic acids is 3. The molecule has 1 heterocycles. The number of carbonyl (C=O) groups is 3. The van der Waals surface area contributed by atoms with E-state index in [9.17, 15) is 18.8 Å². The van der Waals surface area contributed by atoms with Crippen LogP contribution in [0.2, 0.25) is 0 Å². The SMILES string of the molecule is O=C(CN1CCCC1=O)Nc1cccc(OC(=O)Cc2ccccc2F)c1. The van der Waals surface area contributed by atoms with Gasteiger partial charge >= 0.3 is 5.97 Å². The number of likely N-dealkylation sites (tertiary alicyclic amines) is 1. The van der Waals surface area contributed by atoms with Gasteiger partial charge in [0.25, 0.3) is 0 Å². The monoisotopic (exact) mass is 370 g/mol. The number of esters is 1. The summed E-state index contributed by atoms with van der Waals surface area (Å²) < 4.78 is 18.8. The van der Waals surface area contributed by atoms with Crippen LogP contribution in [0.4, 0.5) is 10.1 Å². The highest BCUT2D eigenvalue weighted by molar-refractivity contribution is 5.95. The van der Waals surface area contributed by atoms with Crippen LogP contribution in [0.25, 0.3) is 0 Å². The van der Waals surface area contributed by atoms with Gasteiger partial charge < -0.3 is 15.0 Å². The number of hydrogen-bond acceptors (Lipinski definition) is 4. The summed E-state index contributed by atoms with van der Waals surface area (Å²) in [5.41, 5.74) is 0.699. The van der Waals surface area contributed by atoms with Crippen LogP contribution >= 0.6 is 0 Å². The van der Waals surface area contributed by atoms with Crippen molar-refractivity contribution in [2.45, 2.75) is 19.3 Å².